The molecule has 0 rings (SSSR count). The summed E-state index contributed by atoms with van der Waals surface area (Å²) in [6, 6.07) is 1.03. The third-order valence-corrected chi connectivity index (χ3v) is 3.29. The van der Waals surface area contributed by atoms with Crippen LogP contribution in [0.1, 0.15) is 48.0 Å². The highest BCUT2D eigenvalue weighted by Crippen LogP contribution is 2.03. The summed E-state index contributed by atoms with van der Waals surface area (Å²) < 4.78 is 0. The summed E-state index contributed by atoms with van der Waals surface area (Å²) in [7, 11) is 0. The Kier molecular flexibility index (Phi) is 11.5. The largest absolute Gasteiger partial charge is 0.357 e. The summed E-state index contributed by atoms with van der Waals surface area (Å²) in [5.41, 5.74) is 0. The SMILES string of the molecule is CCCNC(=O)CN=C(NCC)NCCN(C(C)C)C(C)C. The lowest BCUT2D eigenvalue weighted by atomic mass is 10.2. The minimum atomic E-state index is -0.0370. The zero-order chi connectivity index (χ0) is 17.0. The van der Waals surface area contributed by atoms with E-state index < -0.39 is 0 Å². The van der Waals surface area contributed by atoms with Crippen LogP contribution in [0.3, 0.4) is 0 Å². The van der Waals surface area contributed by atoms with Gasteiger partial charge < -0.3 is 16.0 Å². The van der Waals surface area contributed by atoms with Crippen molar-refractivity contribution in [1.29, 1.82) is 0 Å². The Balaban J connectivity index is 4.30. The molecule has 6 nitrogen and oxygen atoms in total. The predicted octanol–water partition coefficient (Wildman–Crippen LogP) is 1.19. The lowest BCUT2D eigenvalue weighted by Crippen LogP contribution is -2.45. The van der Waals surface area contributed by atoms with Crippen molar-refractivity contribution >= 4 is 11.9 Å². The highest BCUT2D eigenvalue weighted by molar-refractivity contribution is 5.84. The van der Waals surface area contributed by atoms with Crippen molar-refractivity contribution in [3.63, 3.8) is 0 Å². The Bertz CT molecular complexity index is 320. The van der Waals surface area contributed by atoms with Crippen molar-refractivity contribution in [2.45, 2.75) is 60.0 Å². The van der Waals surface area contributed by atoms with Crippen molar-refractivity contribution in [2.24, 2.45) is 4.99 Å². The monoisotopic (exact) mass is 313 g/mol. The Morgan fingerprint density at radius 1 is 1.00 bits per heavy atom. The molecule has 0 aromatic carbocycles. The molecule has 0 fully saturated rings. The molecule has 0 saturated heterocycles. The van der Waals surface area contributed by atoms with E-state index in [1.807, 2.05) is 13.8 Å². The van der Waals surface area contributed by atoms with E-state index in [0.29, 0.717) is 24.6 Å². The van der Waals surface area contributed by atoms with Crippen LogP contribution in [-0.4, -0.2) is 61.6 Å². The predicted molar refractivity (Wildman–Crippen MR) is 94.3 cm³/mol. The molecular weight excluding hydrogens is 278 g/mol. The second kappa shape index (κ2) is 12.3. The summed E-state index contributed by atoms with van der Waals surface area (Å²) in [4.78, 5) is 18.3. The van der Waals surface area contributed by atoms with Crippen LogP contribution in [0, 0.1) is 0 Å². The van der Waals surface area contributed by atoms with E-state index in [-0.39, 0.29) is 12.5 Å². The first-order valence-corrected chi connectivity index (χ1v) is 8.46. The van der Waals surface area contributed by atoms with Crippen LogP contribution in [0.4, 0.5) is 0 Å². The summed E-state index contributed by atoms with van der Waals surface area (Å²) in [6.07, 6.45) is 0.939. The Morgan fingerprint density at radius 2 is 1.64 bits per heavy atom. The first-order chi connectivity index (χ1) is 10.4. The van der Waals surface area contributed by atoms with Gasteiger partial charge in [-0.15, -0.1) is 0 Å². The molecule has 3 N–H and O–H groups in total. The number of nitrogens with one attached hydrogen (secondary N) is 3. The lowest BCUT2D eigenvalue weighted by molar-refractivity contribution is -0.119. The van der Waals surface area contributed by atoms with E-state index in [2.05, 4.69) is 53.5 Å². The maximum Gasteiger partial charge on any atom is 0.241 e. The molecule has 0 saturated carbocycles. The third kappa shape index (κ3) is 9.60. The molecule has 0 unspecified atom stereocenters. The molecule has 0 atom stereocenters. The standard InChI is InChI=1S/C16H35N5O/c1-7-9-18-15(22)12-20-16(17-8-2)19-10-11-21(13(3)4)14(5)6/h13-14H,7-12H2,1-6H3,(H,18,22)(H2,17,19,20). The van der Waals surface area contributed by atoms with Gasteiger partial charge in [0.25, 0.3) is 0 Å². The number of carbonyl (C=O) groups is 1. The molecule has 0 aromatic rings. The Morgan fingerprint density at radius 3 is 2.14 bits per heavy atom. The number of guanidine groups is 1. The van der Waals surface area contributed by atoms with Crippen molar-refractivity contribution in [3.05, 3.63) is 0 Å². The second-order valence-electron chi connectivity index (χ2n) is 5.90. The molecule has 0 radical (unpaired) electrons. The van der Waals surface area contributed by atoms with E-state index >= 15 is 0 Å². The number of carbonyl (C=O) groups excluding carboxylic acids is 1. The topological polar surface area (TPSA) is 68.8 Å². The van der Waals surface area contributed by atoms with E-state index in [4.69, 9.17) is 0 Å². The van der Waals surface area contributed by atoms with E-state index in [9.17, 15) is 4.79 Å². The van der Waals surface area contributed by atoms with Crippen LogP contribution < -0.4 is 16.0 Å². The molecule has 0 aliphatic rings. The van der Waals surface area contributed by atoms with Crippen LogP contribution >= 0.6 is 0 Å². The number of aliphatic imine (C=N–C) groups is 1. The fraction of sp³-hybridized carbons (Fsp3) is 0.875. The van der Waals surface area contributed by atoms with Gasteiger partial charge >= 0.3 is 0 Å². The number of hydrogen-bond donors (Lipinski definition) is 3. The van der Waals surface area contributed by atoms with Gasteiger partial charge in [-0.2, -0.15) is 0 Å². The molecule has 6 heteroatoms. The quantitative estimate of drug-likeness (QED) is 0.418. The molecule has 1 amide bonds. The number of hydrogen-bond acceptors (Lipinski definition) is 3. The molecule has 0 bridgehead atoms. The van der Waals surface area contributed by atoms with Crippen LogP contribution in [0.2, 0.25) is 0 Å². The number of nitrogens with zero attached hydrogens (tertiary/aromatic N) is 2. The van der Waals surface area contributed by atoms with Gasteiger partial charge in [0, 0.05) is 38.3 Å². The highest BCUT2D eigenvalue weighted by atomic mass is 16.1. The van der Waals surface area contributed by atoms with Gasteiger partial charge in [0.15, 0.2) is 5.96 Å². The molecule has 0 aliphatic carbocycles. The van der Waals surface area contributed by atoms with Gasteiger partial charge in [-0.3, -0.25) is 9.69 Å². The minimum Gasteiger partial charge on any atom is -0.357 e. The van der Waals surface area contributed by atoms with E-state index in [1.165, 1.54) is 0 Å². The van der Waals surface area contributed by atoms with Gasteiger partial charge in [0.1, 0.15) is 6.54 Å². The van der Waals surface area contributed by atoms with Crippen molar-refractivity contribution < 1.29 is 4.79 Å². The molecule has 0 aromatic heterocycles. The van der Waals surface area contributed by atoms with E-state index in [0.717, 1.165) is 26.1 Å². The van der Waals surface area contributed by atoms with Crippen LogP contribution in [0.25, 0.3) is 0 Å². The maximum absolute atomic E-state index is 11.6. The van der Waals surface area contributed by atoms with Crippen LogP contribution in [-0.2, 0) is 4.79 Å². The fourth-order valence-electron chi connectivity index (χ4n) is 2.23. The summed E-state index contributed by atoms with van der Waals surface area (Å²) in [5, 5.41) is 9.28. The normalized spacial score (nSPS) is 12.1. The summed E-state index contributed by atoms with van der Waals surface area (Å²) in [5.74, 6) is 0.659. The lowest BCUT2D eigenvalue weighted by Gasteiger charge is -2.30. The second-order valence-corrected chi connectivity index (χ2v) is 5.90. The van der Waals surface area contributed by atoms with Gasteiger partial charge in [-0.1, -0.05) is 6.92 Å². The molecular formula is C16H35N5O. The van der Waals surface area contributed by atoms with Crippen molar-refractivity contribution in [3.8, 4) is 0 Å². The molecule has 0 heterocycles. The minimum absolute atomic E-state index is 0.0370. The van der Waals surface area contributed by atoms with Crippen molar-refractivity contribution in [1.82, 2.24) is 20.9 Å². The zero-order valence-corrected chi connectivity index (χ0v) is 15.2. The maximum atomic E-state index is 11.6. The Labute approximate surface area is 136 Å². The van der Waals surface area contributed by atoms with Gasteiger partial charge in [0.2, 0.25) is 5.91 Å². The van der Waals surface area contributed by atoms with E-state index in [1.54, 1.807) is 0 Å². The number of rotatable bonds is 10. The van der Waals surface area contributed by atoms with Gasteiger partial charge in [0.05, 0.1) is 0 Å². The fourth-order valence-corrected chi connectivity index (χ4v) is 2.23. The average molecular weight is 313 g/mol. The molecule has 0 spiro atoms. The van der Waals surface area contributed by atoms with Gasteiger partial charge in [-0.05, 0) is 41.0 Å². The third-order valence-electron chi connectivity index (χ3n) is 3.29. The van der Waals surface area contributed by atoms with Crippen LogP contribution in [0.5, 0.6) is 0 Å². The molecule has 22 heavy (non-hydrogen) atoms. The average Bonchev–Trinajstić information content (AvgIpc) is 2.45. The van der Waals surface area contributed by atoms with Crippen molar-refractivity contribution in [2.75, 3.05) is 32.7 Å². The summed E-state index contributed by atoms with van der Waals surface area (Å²) in [6.45, 7) is 16.3. The molecule has 0 aliphatic heterocycles. The van der Waals surface area contributed by atoms with Gasteiger partial charge in [-0.25, -0.2) is 4.99 Å². The Hall–Kier alpha value is -1.30. The molecule has 130 valence electrons. The first kappa shape index (κ1) is 20.7. The number of amides is 1. The zero-order valence-electron chi connectivity index (χ0n) is 15.2. The first-order valence-electron chi connectivity index (χ1n) is 8.46. The van der Waals surface area contributed by atoms with Crippen LogP contribution in [0.15, 0.2) is 4.99 Å². The smallest absolute Gasteiger partial charge is 0.241 e. The summed E-state index contributed by atoms with van der Waals surface area (Å²) >= 11 is 0. The highest BCUT2D eigenvalue weighted by Gasteiger charge is 2.12.